The van der Waals surface area contributed by atoms with E-state index in [1.54, 1.807) is 24.3 Å². The zero-order valence-electron chi connectivity index (χ0n) is 12.2. The summed E-state index contributed by atoms with van der Waals surface area (Å²) in [5.74, 6) is -0.305. The summed E-state index contributed by atoms with van der Waals surface area (Å²) in [6.45, 7) is 0.224. The highest BCUT2D eigenvalue weighted by Crippen LogP contribution is 2.22. The zero-order valence-corrected chi connectivity index (χ0v) is 12.2. The smallest absolute Gasteiger partial charge is 0.406 e. The van der Waals surface area contributed by atoms with Crippen LogP contribution in [0.5, 0.6) is 5.75 Å². The molecule has 0 bridgehead atoms. The van der Waals surface area contributed by atoms with Crippen LogP contribution in [0.25, 0.3) is 11.3 Å². The highest BCUT2D eigenvalue weighted by atomic mass is 19.4. The van der Waals surface area contributed by atoms with E-state index < -0.39 is 12.0 Å². The Morgan fingerprint density at radius 3 is 2.33 bits per heavy atom. The third kappa shape index (κ3) is 3.65. The lowest BCUT2D eigenvalue weighted by atomic mass is 10.1. The third-order valence-corrected chi connectivity index (χ3v) is 3.26. The van der Waals surface area contributed by atoms with Crippen molar-refractivity contribution in [3.05, 3.63) is 70.6 Å². The van der Waals surface area contributed by atoms with Gasteiger partial charge in [-0.1, -0.05) is 22.9 Å². The van der Waals surface area contributed by atoms with Gasteiger partial charge in [0.2, 0.25) is 6.54 Å². The molecule has 0 amide bonds. The van der Waals surface area contributed by atoms with Gasteiger partial charge in [-0.05, 0) is 41.7 Å². The minimum Gasteiger partial charge on any atom is -0.406 e. The van der Waals surface area contributed by atoms with Crippen LogP contribution in [-0.2, 0) is 6.54 Å². The second kappa shape index (κ2) is 6.23. The first-order valence-electron chi connectivity index (χ1n) is 6.94. The first-order valence-corrected chi connectivity index (χ1v) is 6.94. The van der Waals surface area contributed by atoms with Crippen LogP contribution < -0.4 is 15.0 Å². The summed E-state index contributed by atoms with van der Waals surface area (Å²) in [6, 6.07) is 14.3. The molecule has 0 saturated heterocycles. The van der Waals surface area contributed by atoms with E-state index in [1.165, 1.54) is 28.9 Å². The van der Waals surface area contributed by atoms with E-state index in [4.69, 9.17) is 4.52 Å². The fourth-order valence-electron chi connectivity index (χ4n) is 2.26. The molecule has 0 aliphatic carbocycles. The van der Waals surface area contributed by atoms with Gasteiger partial charge >= 0.3 is 17.7 Å². The van der Waals surface area contributed by atoms with Crippen molar-refractivity contribution in [3.8, 4) is 17.0 Å². The number of hydrogen-bond donors (Lipinski definition) is 1. The summed E-state index contributed by atoms with van der Waals surface area (Å²) >= 11 is 0. The molecule has 1 aromatic heterocycles. The van der Waals surface area contributed by atoms with Crippen molar-refractivity contribution in [2.45, 2.75) is 12.9 Å². The second-order valence-electron chi connectivity index (χ2n) is 4.97. The molecular weight excluding hydrogens is 325 g/mol. The molecule has 2 aromatic carbocycles. The van der Waals surface area contributed by atoms with Crippen LogP contribution in [0.1, 0.15) is 5.56 Å². The van der Waals surface area contributed by atoms with Gasteiger partial charge < -0.3 is 4.74 Å². The number of rotatable bonds is 4. The Morgan fingerprint density at radius 1 is 1.04 bits per heavy atom. The number of ether oxygens (including phenoxy) is 1. The summed E-state index contributed by atoms with van der Waals surface area (Å²) in [4.78, 5) is 11.9. The van der Waals surface area contributed by atoms with E-state index in [-0.39, 0.29) is 12.3 Å². The van der Waals surface area contributed by atoms with Gasteiger partial charge in [0.1, 0.15) is 5.75 Å². The normalized spacial score (nSPS) is 11.5. The van der Waals surface area contributed by atoms with Crippen LogP contribution in [0.3, 0.4) is 0 Å². The number of aromatic amines is 1. The van der Waals surface area contributed by atoms with Crippen molar-refractivity contribution >= 4 is 0 Å². The van der Waals surface area contributed by atoms with Crippen molar-refractivity contribution in [3.63, 3.8) is 0 Å². The van der Waals surface area contributed by atoms with E-state index in [0.29, 0.717) is 16.8 Å². The number of nitrogens with zero attached hydrogens (tertiary/aromatic N) is 1. The van der Waals surface area contributed by atoms with Gasteiger partial charge in [-0.2, -0.15) is 0 Å². The van der Waals surface area contributed by atoms with Crippen molar-refractivity contribution in [1.29, 1.82) is 0 Å². The fraction of sp³-hybridized carbons (Fsp3) is 0.125. The van der Waals surface area contributed by atoms with Gasteiger partial charge in [0, 0.05) is 5.56 Å². The molecule has 8 heteroatoms. The van der Waals surface area contributed by atoms with E-state index in [0.717, 1.165) is 0 Å². The number of aromatic nitrogens is 2. The molecule has 0 fully saturated rings. The minimum atomic E-state index is -4.73. The molecule has 0 aliphatic rings. The summed E-state index contributed by atoms with van der Waals surface area (Å²) in [7, 11) is 0. The quantitative estimate of drug-likeness (QED) is 0.745. The molecule has 1 heterocycles. The van der Waals surface area contributed by atoms with E-state index in [9.17, 15) is 18.0 Å². The average Bonchev–Trinajstić information content (AvgIpc) is 2.89. The maximum atomic E-state index is 12.2. The monoisotopic (exact) mass is 337 g/mol. The van der Waals surface area contributed by atoms with Crippen LogP contribution in [-0.4, -0.2) is 11.6 Å². The minimum absolute atomic E-state index is 0.224. The van der Waals surface area contributed by atoms with Gasteiger partial charge in [0.05, 0.1) is 5.56 Å². The van der Waals surface area contributed by atoms with Crippen molar-refractivity contribution in [1.82, 2.24) is 5.27 Å². The van der Waals surface area contributed by atoms with Crippen molar-refractivity contribution in [2.75, 3.05) is 0 Å². The molecule has 0 saturated carbocycles. The number of alkyl halides is 3. The first kappa shape index (κ1) is 15.9. The number of halogens is 3. The molecule has 5 nitrogen and oxygen atoms in total. The van der Waals surface area contributed by atoms with Gasteiger partial charge in [-0.15, -0.1) is 13.2 Å². The van der Waals surface area contributed by atoms with E-state index in [1.807, 2.05) is 6.07 Å². The summed E-state index contributed by atoms with van der Waals surface area (Å²) in [5, 5.41) is 2.49. The van der Waals surface area contributed by atoms with Crippen LogP contribution in [0.2, 0.25) is 0 Å². The SMILES string of the molecule is O=c1o[nH][n+](Cc2ccc(OC(F)(F)F)cc2)c1-c1ccccc1. The fourth-order valence-corrected chi connectivity index (χ4v) is 2.26. The molecule has 0 aliphatic heterocycles. The first-order chi connectivity index (χ1) is 11.4. The Kier molecular flexibility index (Phi) is 4.11. The van der Waals surface area contributed by atoms with Crippen molar-refractivity contribution in [2.24, 2.45) is 0 Å². The predicted molar refractivity (Wildman–Crippen MR) is 77.2 cm³/mol. The standard InChI is InChI=1S/C16H11F3N2O3/c17-16(18,19)23-13-8-6-11(7-9-13)10-21-14(15(22)24-20-21)12-4-2-1-3-5-12/h1-9H,10H2/p+1. The Balaban J connectivity index is 1.84. The lowest BCUT2D eigenvalue weighted by Crippen LogP contribution is -2.39. The van der Waals surface area contributed by atoms with Gasteiger partial charge in [0.25, 0.3) is 0 Å². The maximum Gasteiger partial charge on any atom is 0.573 e. The molecular formula is C16H12F3N2O3+. The van der Waals surface area contributed by atoms with Gasteiger partial charge in [-0.25, -0.2) is 4.79 Å². The van der Waals surface area contributed by atoms with E-state index >= 15 is 0 Å². The highest BCUT2D eigenvalue weighted by molar-refractivity contribution is 5.53. The Labute approximate surface area is 133 Å². The van der Waals surface area contributed by atoms with Gasteiger partial charge in [-0.3, -0.25) is 4.52 Å². The molecule has 0 spiro atoms. The lowest BCUT2D eigenvalue weighted by molar-refractivity contribution is -0.745. The number of benzene rings is 2. The Hall–Kier alpha value is -3.03. The summed E-state index contributed by atoms with van der Waals surface area (Å²) in [5.41, 5.74) is 1.14. The highest BCUT2D eigenvalue weighted by Gasteiger charge is 2.31. The number of hydrogen-bond acceptors (Lipinski definition) is 3. The number of H-pyrrole nitrogens is 1. The maximum absolute atomic E-state index is 12.2. The van der Waals surface area contributed by atoms with Crippen LogP contribution >= 0.6 is 0 Å². The van der Waals surface area contributed by atoms with Crippen LogP contribution in [0.15, 0.2) is 63.9 Å². The van der Waals surface area contributed by atoms with Gasteiger partial charge in [0.15, 0.2) is 0 Å². The molecule has 1 N–H and O–H groups in total. The average molecular weight is 337 g/mol. The zero-order chi connectivity index (χ0) is 17.2. The number of nitrogens with one attached hydrogen (secondary N) is 1. The predicted octanol–water partition coefficient (Wildman–Crippen LogP) is 2.87. The Bertz CT molecular complexity index is 868. The summed E-state index contributed by atoms with van der Waals surface area (Å²) < 4.78 is 46.6. The summed E-state index contributed by atoms with van der Waals surface area (Å²) in [6.07, 6.45) is -4.73. The molecule has 0 radical (unpaired) electrons. The molecule has 3 aromatic rings. The largest absolute Gasteiger partial charge is 0.573 e. The second-order valence-corrected chi connectivity index (χ2v) is 4.97. The molecule has 0 unspecified atom stereocenters. The third-order valence-electron chi connectivity index (χ3n) is 3.26. The lowest BCUT2D eigenvalue weighted by Gasteiger charge is -2.08. The molecule has 124 valence electrons. The van der Waals surface area contributed by atoms with E-state index in [2.05, 4.69) is 10.0 Å². The topological polar surface area (TPSA) is 59.1 Å². The molecule has 3 rings (SSSR count). The van der Waals surface area contributed by atoms with Crippen LogP contribution in [0, 0.1) is 0 Å². The Morgan fingerprint density at radius 2 is 1.71 bits per heavy atom. The molecule has 0 atom stereocenters. The van der Waals surface area contributed by atoms with Crippen LogP contribution in [0.4, 0.5) is 13.2 Å². The van der Waals surface area contributed by atoms with Crippen molar-refractivity contribution < 1.29 is 27.1 Å². The molecule has 24 heavy (non-hydrogen) atoms.